The van der Waals surface area contributed by atoms with Gasteiger partial charge < -0.3 is 5.73 Å². The van der Waals surface area contributed by atoms with Crippen molar-refractivity contribution in [2.45, 2.75) is 26.8 Å². The van der Waals surface area contributed by atoms with Crippen LogP contribution < -0.4 is 5.73 Å². The van der Waals surface area contributed by atoms with Crippen molar-refractivity contribution in [3.05, 3.63) is 11.6 Å². The van der Waals surface area contributed by atoms with E-state index in [9.17, 15) is 0 Å². The lowest BCUT2D eigenvalue weighted by Crippen LogP contribution is -1.99. The summed E-state index contributed by atoms with van der Waals surface area (Å²) in [5.74, 6) is 2.22. The first-order valence-electron chi connectivity index (χ1n) is 3.82. The Morgan fingerprint density at radius 1 is 1.55 bits per heavy atom. The molecule has 0 bridgehead atoms. The zero-order chi connectivity index (χ0) is 8.27. The van der Waals surface area contributed by atoms with Crippen molar-refractivity contribution in [3.63, 3.8) is 0 Å². The molecule has 11 heavy (non-hydrogen) atoms. The van der Waals surface area contributed by atoms with Crippen LogP contribution in [0, 0.1) is 5.92 Å². The van der Waals surface area contributed by atoms with Crippen LogP contribution in [-0.2, 0) is 13.0 Å². The number of nitrogens with one attached hydrogen (secondary N) is 1. The van der Waals surface area contributed by atoms with Crippen LogP contribution in [0.2, 0.25) is 0 Å². The highest BCUT2D eigenvalue weighted by Crippen LogP contribution is 2.01. The molecule has 0 saturated heterocycles. The minimum atomic E-state index is 0.436. The molecule has 1 aromatic rings. The van der Waals surface area contributed by atoms with Gasteiger partial charge in [0, 0.05) is 6.42 Å². The van der Waals surface area contributed by atoms with Crippen molar-refractivity contribution >= 4 is 0 Å². The fourth-order valence-corrected chi connectivity index (χ4v) is 0.883. The third-order valence-electron chi connectivity index (χ3n) is 1.36. The molecule has 0 fully saturated rings. The summed E-state index contributed by atoms with van der Waals surface area (Å²) in [6.45, 7) is 4.71. The SMILES string of the molecule is CC(C)Cc1n[nH]c(CN)n1. The number of nitrogens with zero attached hydrogens (tertiary/aromatic N) is 2. The van der Waals surface area contributed by atoms with E-state index >= 15 is 0 Å². The Kier molecular flexibility index (Phi) is 2.59. The predicted molar refractivity (Wildman–Crippen MR) is 42.8 cm³/mol. The van der Waals surface area contributed by atoms with Crippen molar-refractivity contribution in [3.8, 4) is 0 Å². The standard InChI is InChI=1S/C7H14N4/c1-5(2)3-6-9-7(4-8)11-10-6/h5H,3-4,8H2,1-2H3,(H,9,10,11). The van der Waals surface area contributed by atoms with Crippen LogP contribution in [0.15, 0.2) is 0 Å². The third-order valence-corrected chi connectivity index (χ3v) is 1.36. The second-order valence-electron chi connectivity index (χ2n) is 3.00. The van der Waals surface area contributed by atoms with E-state index in [1.54, 1.807) is 0 Å². The van der Waals surface area contributed by atoms with Crippen LogP contribution in [-0.4, -0.2) is 15.2 Å². The first-order chi connectivity index (χ1) is 5.22. The molecule has 1 aromatic heterocycles. The molecule has 0 saturated carbocycles. The molecular weight excluding hydrogens is 140 g/mol. The maximum Gasteiger partial charge on any atom is 0.151 e. The van der Waals surface area contributed by atoms with E-state index in [0.717, 1.165) is 18.1 Å². The van der Waals surface area contributed by atoms with Gasteiger partial charge in [-0.05, 0) is 5.92 Å². The van der Waals surface area contributed by atoms with Gasteiger partial charge in [-0.1, -0.05) is 13.8 Å². The Morgan fingerprint density at radius 2 is 2.27 bits per heavy atom. The molecule has 62 valence electrons. The summed E-state index contributed by atoms with van der Waals surface area (Å²) in [5, 5.41) is 6.79. The maximum atomic E-state index is 5.36. The molecule has 0 aliphatic rings. The van der Waals surface area contributed by atoms with Gasteiger partial charge in [0.05, 0.1) is 6.54 Å². The number of aromatic nitrogens is 3. The first kappa shape index (κ1) is 8.20. The molecule has 0 amide bonds. The first-order valence-corrected chi connectivity index (χ1v) is 3.82. The Labute approximate surface area is 66.2 Å². The van der Waals surface area contributed by atoms with Crippen molar-refractivity contribution in [2.75, 3.05) is 0 Å². The number of hydrogen-bond acceptors (Lipinski definition) is 3. The Morgan fingerprint density at radius 3 is 2.73 bits per heavy atom. The monoisotopic (exact) mass is 154 g/mol. The molecule has 0 aromatic carbocycles. The highest BCUT2D eigenvalue weighted by Gasteiger charge is 2.02. The summed E-state index contributed by atoms with van der Waals surface area (Å²) < 4.78 is 0. The van der Waals surface area contributed by atoms with Gasteiger partial charge in [0.25, 0.3) is 0 Å². The molecule has 4 nitrogen and oxygen atoms in total. The normalized spacial score (nSPS) is 10.9. The van der Waals surface area contributed by atoms with Crippen LogP contribution in [0.1, 0.15) is 25.5 Å². The maximum absolute atomic E-state index is 5.36. The average molecular weight is 154 g/mol. The minimum absolute atomic E-state index is 0.436. The highest BCUT2D eigenvalue weighted by molar-refractivity contribution is 4.90. The van der Waals surface area contributed by atoms with Crippen LogP contribution in [0.4, 0.5) is 0 Å². The fourth-order valence-electron chi connectivity index (χ4n) is 0.883. The van der Waals surface area contributed by atoms with Gasteiger partial charge in [0.1, 0.15) is 5.82 Å². The number of H-pyrrole nitrogens is 1. The number of rotatable bonds is 3. The van der Waals surface area contributed by atoms with E-state index in [2.05, 4.69) is 29.0 Å². The summed E-state index contributed by atoms with van der Waals surface area (Å²) in [6.07, 6.45) is 0.913. The lowest BCUT2D eigenvalue weighted by atomic mass is 10.1. The molecule has 1 heterocycles. The zero-order valence-corrected chi connectivity index (χ0v) is 6.96. The van der Waals surface area contributed by atoms with E-state index in [-0.39, 0.29) is 0 Å². The van der Waals surface area contributed by atoms with Gasteiger partial charge in [-0.3, -0.25) is 5.10 Å². The molecular formula is C7H14N4. The van der Waals surface area contributed by atoms with Crippen LogP contribution in [0.3, 0.4) is 0 Å². The number of aromatic amines is 1. The van der Waals surface area contributed by atoms with Crippen LogP contribution in [0.5, 0.6) is 0 Å². The van der Waals surface area contributed by atoms with Gasteiger partial charge >= 0.3 is 0 Å². The lowest BCUT2D eigenvalue weighted by Gasteiger charge is -1.96. The second-order valence-corrected chi connectivity index (χ2v) is 3.00. The molecule has 0 unspecified atom stereocenters. The van der Waals surface area contributed by atoms with Crippen molar-refractivity contribution in [2.24, 2.45) is 11.7 Å². The summed E-state index contributed by atoms with van der Waals surface area (Å²) in [7, 11) is 0. The van der Waals surface area contributed by atoms with Crippen molar-refractivity contribution < 1.29 is 0 Å². The zero-order valence-electron chi connectivity index (χ0n) is 6.96. The highest BCUT2D eigenvalue weighted by atomic mass is 15.2. The lowest BCUT2D eigenvalue weighted by molar-refractivity contribution is 0.622. The van der Waals surface area contributed by atoms with E-state index in [4.69, 9.17) is 5.73 Å². The van der Waals surface area contributed by atoms with E-state index in [1.165, 1.54) is 0 Å². The topological polar surface area (TPSA) is 67.6 Å². The van der Waals surface area contributed by atoms with Crippen LogP contribution >= 0.6 is 0 Å². The molecule has 4 heteroatoms. The van der Waals surface area contributed by atoms with Gasteiger partial charge in [-0.25, -0.2) is 4.98 Å². The Bertz CT molecular complexity index is 216. The number of nitrogens with two attached hydrogens (primary N) is 1. The molecule has 3 N–H and O–H groups in total. The summed E-state index contributed by atoms with van der Waals surface area (Å²) in [4.78, 5) is 4.18. The molecule has 0 aliphatic heterocycles. The summed E-state index contributed by atoms with van der Waals surface area (Å²) in [6, 6.07) is 0. The third kappa shape index (κ3) is 2.31. The Hall–Kier alpha value is -0.900. The second kappa shape index (κ2) is 3.48. The van der Waals surface area contributed by atoms with Gasteiger partial charge in [-0.2, -0.15) is 5.10 Å². The van der Waals surface area contributed by atoms with E-state index in [0.29, 0.717) is 12.5 Å². The fraction of sp³-hybridized carbons (Fsp3) is 0.714. The van der Waals surface area contributed by atoms with Gasteiger partial charge in [0.2, 0.25) is 0 Å². The van der Waals surface area contributed by atoms with Crippen LogP contribution in [0.25, 0.3) is 0 Å². The molecule has 0 aliphatic carbocycles. The molecule has 0 spiro atoms. The molecule has 0 radical (unpaired) electrons. The Balaban J connectivity index is 2.58. The van der Waals surface area contributed by atoms with E-state index in [1.807, 2.05) is 0 Å². The molecule has 0 atom stereocenters. The average Bonchev–Trinajstić information content (AvgIpc) is 2.34. The smallest absolute Gasteiger partial charge is 0.151 e. The number of hydrogen-bond donors (Lipinski definition) is 2. The van der Waals surface area contributed by atoms with Gasteiger partial charge in [0.15, 0.2) is 5.82 Å². The van der Waals surface area contributed by atoms with Gasteiger partial charge in [-0.15, -0.1) is 0 Å². The van der Waals surface area contributed by atoms with Crippen molar-refractivity contribution in [1.82, 2.24) is 15.2 Å². The summed E-state index contributed by atoms with van der Waals surface area (Å²) >= 11 is 0. The van der Waals surface area contributed by atoms with E-state index < -0.39 is 0 Å². The minimum Gasteiger partial charge on any atom is -0.324 e. The quantitative estimate of drug-likeness (QED) is 0.664. The summed E-state index contributed by atoms with van der Waals surface area (Å²) in [5.41, 5.74) is 5.36. The molecule has 1 rings (SSSR count). The predicted octanol–water partition coefficient (Wildman–Crippen LogP) is 0.462. The van der Waals surface area contributed by atoms with Crippen molar-refractivity contribution in [1.29, 1.82) is 0 Å². The largest absolute Gasteiger partial charge is 0.324 e.